The van der Waals surface area contributed by atoms with Crippen molar-refractivity contribution in [1.82, 2.24) is 15.0 Å². The lowest BCUT2D eigenvalue weighted by atomic mass is 10.1. The van der Waals surface area contributed by atoms with Gasteiger partial charge in [0, 0.05) is 28.9 Å². The average Bonchev–Trinajstić information content (AvgIpc) is 3.25. The second-order valence-electron chi connectivity index (χ2n) is 7.35. The number of H-pyrrole nitrogens is 1. The van der Waals surface area contributed by atoms with Gasteiger partial charge < -0.3 is 10.3 Å². The van der Waals surface area contributed by atoms with Gasteiger partial charge in [0.1, 0.15) is 5.69 Å². The van der Waals surface area contributed by atoms with E-state index in [2.05, 4.69) is 44.2 Å². The summed E-state index contributed by atoms with van der Waals surface area (Å²) in [7, 11) is 0. The number of nitrogens with one attached hydrogen (secondary N) is 2. The van der Waals surface area contributed by atoms with E-state index in [0.29, 0.717) is 6.54 Å². The molecule has 0 aliphatic heterocycles. The molecule has 0 spiro atoms. The number of aromatic amines is 1. The van der Waals surface area contributed by atoms with Gasteiger partial charge in [-0.25, -0.2) is 9.97 Å². The van der Waals surface area contributed by atoms with Crippen LogP contribution in [0.1, 0.15) is 16.8 Å². The molecule has 154 valence electrons. The Hall–Kier alpha value is -4.07. The molecule has 4 nitrogen and oxygen atoms in total. The molecule has 0 saturated carbocycles. The molecule has 5 heteroatoms. The van der Waals surface area contributed by atoms with Crippen LogP contribution in [0.25, 0.3) is 22.2 Å². The molecule has 0 unspecified atom stereocenters. The highest BCUT2D eigenvalue weighted by Crippen LogP contribution is 2.21. The van der Waals surface area contributed by atoms with Crippen LogP contribution in [0.5, 0.6) is 0 Å². The molecule has 3 aromatic carbocycles. The van der Waals surface area contributed by atoms with Crippen molar-refractivity contribution in [2.75, 3.05) is 5.32 Å². The molecule has 5 aromatic rings. The van der Waals surface area contributed by atoms with Crippen LogP contribution < -0.4 is 5.32 Å². The predicted octanol–water partition coefficient (Wildman–Crippen LogP) is 6.29. The summed E-state index contributed by atoms with van der Waals surface area (Å²) in [6.45, 7) is 0.713. The molecule has 0 fully saturated rings. The van der Waals surface area contributed by atoms with Gasteiger partial charge in [-0.1, -0.05) is 66.1 Å². The van der Waals surface area contributed by atoms with Crippen molar-refractivity contribution in [3.63, 3.8) is 0 Å². The number of anilines is 1. The van der Waals surface area contributed by atoms with Gasteiger partial charge >= 0.3 is 0 Å². The second-order valence-corrected chi connectivity index (χ2v) is 7.78. The molecule has 0 aliphatic rings. The molecule has 0 aliphatic carbocycles. The molecular formula is C27H19ClN4. The van der Waals surface area contributed by atoms with Gasteiger partial charge in [-0.2, -0.15) is 0 Å². The molecule has 32 heavy (non-hydrogen) atoms. The number of benzene rings is 3. The third-order valence-electron chi connectivity index (χ3n) is 5.06. The second kappa shape index (κ2) is 8.97. The van der Waals surface area contributed by atoms with Crippen LogP contribution in [0.4, 0.5) is 5.95 Å². The van der Waals surface area contributed by atoms with Crippen molar-refractivity contribution in [1.29, 1.82) is 0 Å². The Morgan fingerprint density at radius 1 is 0.844 bits per heavy atom. The lowest BCUT2D eigenvalue weighted by Gasteiger charge is -2.01. The third kappa shape index (κ3) is 4.64. The summed E-state index contributed by atoms with van der Waals surface area (Å²) in [5, 5.41) is 4.05. The van der Waals surface area contributed by atoms with E-state index >= 15 is 0 Å². The van der Waals surface area contributed by atoms with Gasteiger partial charge in [0.15, 0.2) is 0 Å². The van der Waals surface area contributed by atoms with Crippen molar-refractivity contribution >= 4 is 28.6 Å². The average molecular weight is 435 g/mol. The fraction of sp³-hybridized carbons (Fsp3) is 0.0370. The molecule has 2 aromatic heterocycles. The van der Waals surface area contributed by atoms with Crippen LogP contribution in [0.3, 0.4) is 0 Å². The summed E-state index contributed by atoms with van der Waals surface area (Å²) < 4.78 is 0. The normalized spacial score (nSPS) is 10.5. The summed E-state index contributed by atoms with van der Waals surface area (Å²) in [5.74, 6) is 7.06. The minimum absolute atomic E-state index is 0.713. The van der Waals surface area contributed by atoms with Crippen LogP contribution in [0, 0.1) is 11.8 Å². The molecule has 0 atom stereocenters. The first-order chi connectivity index (χ1) is 15.7. The third-order valence-corrected chi connectivity index (χ3v) is 5.31. The minimum Gasteiger partial charge on any atom is -0.352 e. The standard InChI is InChI=1S/C27H19ClN4/c28-23-11-8-21(9-12-23)22-10-14-24(29-18-22)13-6-19-7-15-25-26(16-19)32-27(31-25)30-17-20-4-2-1-3-5-20/h1-5,7-12,14-16,18H,17H2,(H2,30,31,32). The fourth-order valence-corrected chi connectivity index (χ4v) is 3.49. The van der Waals surface area contributed by atoms with E-state index < -0.39 is 0 Å². The van der Waals surface area contributed by atoms with E-state index in [4.69, 9.17) is 11.6 Å². The zero-order valence-electron chi connectivity index (χ0n) is 17.1. The summed E-state index contributed by atoms with van der Waals surface area (Å²) in [6.07, 6.45) is 1.83. The first kappa shape index (κ1) is 19.9. The largest absolute Gasteiger partial charge is 0.352 e. The summed E-state index contributed by atoms with van der Waals surface area (Å²) in [5.41, 5.74) is 6.75. The fourth-order valence-electron chi connectivity index (χ4n) is 3.37. The number of rotatable bonds is 4. The van der Waals surface area contributed by atoms with E-state index in [1.165, 1.54) is 5.56 Å². The molecule has 0 saturated heterocycles. The van der Waals surface area contributed by atoms with Crippen molar-refractivity contribution in [2.45, 2.75) is 6.54 Å². The topological polar surface area (TPSA) is 53.6 Å². The maximum atomic E-state index is 5.96. The first-order valence-electron chi connectivity index (χ1n) is 10.2. The minimum atomic E-state index is 0.713. The van der Waals surface area contributed by atoms with Gasteiger partial charge in [-0.15, -0.1) is 0 Å². The molecular weight excluding hydrogens is 416 g/mol. The molecule has 0 amide bonds. The number of fused-ring (bicyclic) bond motifs is 1. The molecule has 5 rings (SSSR count). The molecule has 0 radical (unpaired) electrons. The zero-order chi connectivity index (χ0) is 21.8. The predicted molar refractivity (Wildman–Crippen MR) is 131 cm³/mol. The monoisotopic (exact) mass is 434 g/mol. The van der Waals surface area contributed by atoms with Crippen molar-refractivity contribution in [3.8, 4) is 23.0 Å². The Kier molecular flexibility index (Phi) is 5.57. The molecule has 2 heterocycles. The van der Waals surface area contributed by atoms with Gasteiger partial charge in [0.25, 0.3) is 0 Å². The first-order valence-corrected chi connectivity index (χ1v) is 10.6. The number of hydrogen-bond acceptors (Lipinski definition) is 3. The van der Waals surface area contributed by atoms with Crippen LogP contribution in [0.15, 0.2) is 91.1 Å². The number of pyridine rings is 1. The number of nitrogens with zero attached hydrogens (tertiary/aromatic N) is 2. The number of hydrogen-bond donors (Lipinski definition) is 2. The quantitative estimate of drug-likeness (QED) is 0.327. The van der Waals surface area contributed by atoms with Crippen LogP contribution in [0.2, 0.25) is 5.02 Å². The Morgan fingerprint density at radius 2 is 1.66 bits per heavy atom. The lowest BCUT2D eigenvalue weighted by Crippen LogP contribution is -2.00. The van der Waals surface area contributed by atoms with Crippen molar-refractivity contribution in [3.05, 3.63) is 113 Å². The van der Waals surface area contributed by atoms with E-state index in [1.54, 1.807) is 0 Å². The Morgan fingerprint density at radius 3 is 2.44 bits per heavy atom. The van der Waals surface area contributed by atoms with Crippen LogP contribution >= 0.6 is 11.6 Å². The highest BCUT2D eigenvalue weighted by molar-refractivity contribution is 6.30. The van der Waals surface area contributed by atoms with E-state index in [0.717, 1.165) is 44.4 Å². The van der Waals surface area contributed by atoms with E-state index in [-0.39, 0.29) is 0 Å². The van der Waals surface area contributed by atoms with E-state index in [9.17, 15) is 0 Å². The Balaban J connectivity index is 1.30. The van der Waals surface area contributed by atoms with Gasteiger partial charge in [0.05, 0.1) is 11.0 Å². The van der Waals surface area contributed by atoms with Crippen LogP contribution in [-0.4, -0.2) is 15.0 Å². The highest BCUT2D eigenvalue weighted by atomic mass is 35.5. The molecule has 0 bridgehead atoms. The summed E-state index contributed by atoms with van der Waals surface area (Å²) in [4.78, 5) is 12.4. The van der Waals surface area contributed by atoms with Crippen LogP contribution in [-0.2, 0) is 6.54 Å². The smallest absolute Gasteiger partial charge is 0.201 e. The van der Waals surface area contributed by atoms with Gasteiger partial charge in [-0.3, -0.25) is 0 Å². The number of halogens is 1. The Bertz CT molecular complexity index is 1410. The van der Waals surface area contributed by atoms with E-state index in [1.807, 2.05) is 79.0 Å². The van der Waals surface area contributed by atoms with Gasteiger partial charge in [-0.05, 0) is 53.4 Å². The van der Waals surface area contributed by atoms with Crippen molar-refractivity contribution < 1.29 is 0 Å². The maximum Gasteiger partial charge on any atom is 0.201 e. The maximum absolute atomic E-state index is 5.96. The number of imidazole rings is 1. The Labute approximate surface area is 191 Å². The highest BCUT2D eigenvalue weighted by Gasteiger charge is 2.03. The van der Waals surface area contributed by atoms with Gasteiger partial charge in [0.2, 0.25) is 5.95 Å². The lowest BCUT2D eigenvalue weighted by molar-refractivity contribution is 1.10. The van der Waals surface area contributed by atoms with Crippen molar-refractivity contribution in [2.24, 2.45) is 0 Å². The molecule has 2 N–H and O–H groups in total. The number of aromatic nitrogens is 3. The summed E-state index contributed by atoms with van der Waals surface area (Å²) >= 11 is 5.96. The SMILES string of the molecule is Clc1ccc(-c2ccc(C#Cc3ccc4[nH]c(NCc5ccccc5)nc4c3)nc2)cc1. The zero-order valence-corrected chi connectivity index (χ0v) is 17.9. The summed E-state index contributed by atoms with van der Waals surface area (Å²) in [6, 6.07) is 27.8.